The van der Waals surface area contributed by atoms with Gasteiger partial charge < -0.3 is 9.64 Å². The lowest BCUT2D eigenvalue weighted by molar-refractivity contribution is 0.0779. The molecule has 0 unspecified atom stereocenters. The van der Waals surface area contributed by atoms with Gasteiger partial charge in [-0.05, 0) is 37.0 Å². The third-order valence-corrected chi connectivity index (χ3v) is 5.13. The van der Waals surface area contributed by atoms with Gasteiger partial charge in [0.15, 0.2) is 0 Å². The topological polar surface area (TPSA) is 75.7 Å². The van der Waals surface area contributed by atoms with Gasteiger partial charge in [0, 0.05) is 25.2 Å². The third-order valence-electron chi connectivity index (χ3n) is 3.58. The molecule has 0 radical (unpaired) electrons. The first-order valence-corrected chi connectivity index (χ1v) is 9.18. The fourth-order valence-electron chi connectivity index (χ4n) is 2.35. The minimum absolute atomic E-state index is 0.00678. The molecule has 6 nitrogen and oxygen atoms in total. The predicted molar refractivity (Wildman–Crippen MR) is 88.1 cm³/mol. The highest BCUT2D eigenvalue weighted by Gasteiger charge is 2.30. The molecule has 0 heterocycles. The van der Waals surface area contributed by atoms with Crippen LogP contribution in [0.1, 0.15) is 37.0 Å². The van der Waals surface area contributed by atoms with Crippen molar-refractivity contribution in [2.24, 2.45) is 5.92 Å². The number of benzene rings is 1. The number of amides is 1. The highest BCUT2D eigenvalue weighted by Crippen LogP contribution is 2.28. The van der Waals surface area contributed by atoms with E-state index in [1.54, 1.807) is 18.0 Å². The van der Waals surface area contributed by atoms with Crippen LogP contribution in [-0.2, 0) is 10.0 Å². The smallest absolute Gasteiger partial charge is 0.253 e. The molecule has 0 saturated heterocycles. The molecule has 23 heavy (non-hydrogen) atoms. The number of sulfonamides is 1. The molecule has 1 aromatic carbocycles. The molecule has 1 N–H and O–H groups in total. The predicted octanol–water partition coefficient (Wildman–Crippen LogP) is 1.86. The minimum atomic E-state index is -3.69. The second kappa shape index (κ2) is 6.88. The van der Waals surface area contributed by atoms with Crippen molar-refractivity contribution in [1.82, 2.24) is 9.62 Å². The average Bonchev–Trinajstić information content (AvgIpc) is 3.28. The Morgan fingerprint density at radius 1 is 1.39 bits per heavy atom. The molecule has 1 aromatic rings. The van der Waals surface area contributed by atoms with Crippen molar-refractivity contribution in [1.29, 1.82) is 0 Å². The van der Waals surface area contributed by atoms with Gasteiger partial charge in [-0.2, -0.15) is 0 Å². The number of nitrogens with one attached hydrogen (secondary N) is 1. The van der Waals surface area contributed by atoms with Crippen molar-refractivity contribution < 1.29 is 17.9 Å². The Hall–Kier alpha value is -1.60. The second-order valence-corrected chi connectivity index (χ2v) is 8.02. The van der Waals surface area contributed by atoms with Crippen LogP contribution in [0.4, 0.5) is 0 Å². The van der Waals surface area contributed by atoms with Crippen LogP contribution in [0.5, 0.6) is 5.75 Å². The second-order valence-electron chi connectivity index (χ2n) is 6.34. The summed E-state index contributed by atoms with van der Waals surface area (Å²) in [6, 6.07) is 4.50. The standard InChI is InChI=1S/C16H24N2O4S/c1-11(2)10-18(3)16(19)12-5-8-14(22-4)15(9-12)23(20,21)17-13-6-7-13/h5,8-9,11,13,17H,6-7,10H2,1-4H3. The lowest BCUT2D eigenvalue weighted by atomic mass is 10.1. The van der Waals surface area contributed by atoms with Crippen LogP contribution in [0.15, 0.2) is 23.1 Å². The monoisotopic (exact) mass is 340 g/mol. The molecule has 2 rings (SSSR count). The van der Waals surface area contributed by atoms with E-state index < -0.39 is 10.0 Å². The molecule has 0 bridgehead atoms. The maximum absolute atomic E-state index is 12.5. The van der Waals surface area contributed by atoms with E-state index in [0.29, 0.717) is 18.0 Å². The Labute approximate surface area is 137 Å². The number of carbonyl (C=O) groups excluding carboxylic acids is 1. The van der Waals surface area contributed by atoms with E-state index in [4.69, 9.17) is 4.74 Å². The Bertz CT molecular complexity index is 681. The van der Waals surface area contributed by atoms with Crippen LogP contribution in [0, 0.1) is 5.92 Å². The summed E-state index contributed by atoms with van der Waals surface area (Å²) < 4.78 is 32.7. The van der Waals surface area contributed by atoms with Gasteiger partial charge in [-0.3, -0.25) is 4.79 Å². The lowest BCUT2D eigenvalue weighted by Gasteiger charge is -2.20. The fourth-order valence-corrected chi connectivity index (χ4v) is 3.85. The summed E-state index contributed by atoms with van der Waals surface area (Å²) in [5.41, 5.74) is 0.338. The van der Waals surface area contributed by atoms with Gasteiger partial charge in [-0.25, -0.2) is 13.1 Å². The van der Waals surface area contributed by atoms with Gasteiger partial charge in [0.05, 0.1) is 7.11 Å². The van der Waals surface area contributed by atoms with E-state index in [1.807, 2.05) is 13.8 Å². The van der Waals surface area contributed by atoms with Crippen molar-refractivity contribution >= 4 is 15.9 Å². The summed E-state index contributed by atoms with van der Waals surface area (Å²) in [6.45, 7) is 4.65. The summed E-state index contributed by atoms with van der Waals surface area (Å²) >= 11 is 0. The first kappa shape index (κ1) is 17.7. The summed E-state index contributed by atoms with van der Waals surface area (Å²) in [4.78, 5) is 14.1. The molecule has 0 atom stereocenters. The van der Waals surface area contributed by atoms with E-state index in [2.05, 4.69) is 4.72 Å². The molecular weight excluding hydrogens is 316 g/mol. The Morgan fingerprint density at radius 2 is 2.04 bits per heavy atom. The molecule has 1 amide bonds. The number of hydrogen-bond donors (Lipinski definition) is 1. The van der Waals surface area contributed by atoms with Crippen molar-refractivity contribution in [3.8, 4) is 5.75 Å². The zero-order valence-electron chi connectivity index (χ0n) is 14.0. The van der Waals surface area contributed by atoms with Crippen LogP contribution >= 0.6 is 0 Å². The molecule has 0 spiro atoms. The van der Waals surface area contributed by atoms with E-state index in [-0.39, 0.29) is 22.6 Å². The average molecular weight is 340 g/mol. The molecule has 1 aliphatic carbocycles. The quantitative estimate of drug-likeness (QED) is 0.822. The number of carbonyl (C=O) groups is 1. The Morgan fingerprint density at radius 3 is 2.57 bits per heavy atom. The molecule has 1 fully saturated rings. The summed E-state index contributed by atoms with van der Waals surface area (Å²) in [5, 5.41) is 0. The minimum Gasteiger partial charge on any atom is -0.495 e. The van der Waals surface area contributed by atoms with E-state index in [1.165, 1.54) is 19.2 Å². The summed E-state index contributed by atoms with van der Waals surface area (Å²) in [5.74, 6) is 0.368. The van der Waals surface area contributed by atoms with Gasteiger partial charge in [0.2, 0.25) is 10.0 Å². The fraction of sp³-hybridized carbons (Fsp3) is 0.562. The summed E-state index contributed by atoms with van der Waals surface area (Å²) in [7, 11) is -0.564. The van der Waals surface area contributed by atoms with Gasteiger partial charge in [-0.15, -0.1) is 0 Å². The van der Waals surface area contributed by atoms with Crippen LogP contribution in [0.3, 0.4) is 0 Å². The van der Waals surface area contributed by atoms with E-state index in [0.717, 1.165) is 12.8 Å². The maximum Gasteiger partial charge on any atom is 0.253 e. The number of hydrogen-bond acceptors (Lipinski definition) is 4. The van der Waals surface area contributed by atoms with Crippen molar-refractivity contribution in [2.45, 2.75) is 37.6 Å². The van der Waals surface area contributed by atoms with Crippen molar-refractivity contribution in [3.63, 3.8) is 0 Å². The van der Waals surface area contributed by atoms with Crippen LogP contribution in [0.25, 0.3) is 0 Å². The summed E-state index contributed by atoms with van der Waals surface area (Å²) in [6.07, 6.45) is 1.69. The van der Waals surface area contributed by atoms with Crippen molar-refractivity contribution in [2.75, 3.05) is 20.7 Å². The maximum atomic E-state index is 12.5. The lowest BCUT2D eigenvalue weighted by Crippen LogP contribution is -2.31. The normalized spacial score (nSPS) is 14.8. The first-order valence-electron chi connectivity index (χ1n) is 7.70. The number of ether oxygens (including phenoxy) is 1. The highest BCUT2D eigenvalue weighted by atomic mass is 32.2. The highest BCUT2D eigenvalue weighted by molar-refractivity contribution is 7.89. The number of nitrogens with zero attached hydrogens (tertiary/aromatic N) is 1. The van der Waals surface area contributed by atoms with Crippen LogP contribution in [0.2, 0.25) is 0 Å². The van der Waals surface area contributed by atoms with E-state index in [9.17, 15) is 13.2 Å². The molecule has 1 aliphatic rings. The first-order chi connectivity index (χ1) is 10.7. The van der Waals surface area contributed by atoms with Crippen LogP contribution < -0.4 is 9.46 Å². The third kappa shape index (κ3) is 4.45. The SMILES string of the molecule is COc1ccc(C(=O)N(C)CC(C)C)cc1S(=O)(=O)NC1CC1. The van der Waals surface area contributed by atoms with E-state index >= 15 is 0 Å². The van der Waals surface area contributed by atoms with Gasteiger partial charge in [-0.1, -0.05) is 13.8 Å². The van der Waals surface area contributed by atoms with Gasteiger partial charge in [0.1, 0.15) is 10.6 Å². The zero-order chi connectivity index (χ0) is 17.2. The molecular formula is C16H24N2O4S. The number of methoxy groups -OCH3 is 1. The Balaban J connectivity index is 2.33. The molecule has 0 aliphatic heterocycles. The zero-order valence-corrected chi connectivity index (χ0v) is 14.8. The molecule has 0 aromatic heterocycles. The van der Waals surface area contributed by atoms with Gasteiger partial charge >= 0.3 is 0 Å². The van der Waals surface area contributed by atoms with Crippen LogP contribution in [-0.4, -0.2) is 46.0 Å². The number of rotatable bonds is 7. The van der Waals surface area contributed by atoms with Gasteiger partial charge in [0.25, 0.3) is 5.91 Å². The largest absolute Gasteiger partial charge is 0.495 e. The molecule has 7 heteroatoms. The molecule has 1 saturated carbocycles. The molecule has 128 valence electrons. The van der Waals surface area contributed by atoms with Crippen molar-refractivity contribution in [3.05, 3.63) is 23.8 Å². The Kier molecular flexibility index (Phi) is 5.31.